The molecule has 68 heavy (non-hydrogen) atoms. The lowest BCUT2D eigenvalue weighted by Gasteiger charge is -2.33. The fraction of sp³-hybridized carbons (Fsp3) is 0.373. The molecule has 0 spiro atoms. The zero-order valence-electron chi connectivity index (χ0n) is 40.0. The third-order valence-corrected chi connectivity index (χ3v) is 11.2. The van der Waals surface area contributed by atoms with Crippen molar-refractivity contribution in [3.8, 4) is 0 Å². The van der Waals surface area contributed by atoms with Gasteiger partial charge in [0.1, 0.15) is 34.7 Å². The summed E-state index contributed by atoms with van der Waals surface area (Å²) in [6.07, 6.45) is -0.129. The molecule has 0 saturated heterocycles. The third-order valence-electron chi connectivity index (χ3n) is 11.2. The van der Waals surface area contributed by atoms with Crippen LogP contribution in [0.1, 0.15) is 89.4 Å². The molecule has 0 bridgehead atoms. The molecule has 0 saturated carbocycles. The van der Waals surface area contributed by atoms with Gasteiger partial charge in [-0.2, -0.15) is 0 Å². The molecule has 0 aromatic heterocycles. The number of rotatable bonds is 22. The number of nitrogens with one attached hydrogen (secondary N) is 7. The lowest BCUT2D eigenvalue weighted by atomic mass is 9.96. The number of amides is 6. The molecule has 362 valence electrons. The van der Waals surface area contributed by atoms with E-state index in [1.165, 1.54) is 41.5 Å². The highest BCUT2D eigenvalue weighted by Crippen LogP contribution is 2.19. The number of carboxylic acids is 1. The number of carbonyl (C=O) groups excluding carboxylic acids is 7. The summed E-state index contributed by atoms with van der Waals surface area (Å²) in [6, 6.07) is 23.1. The molecule has 17 heteroatoms. The number of benzene rings is 4. The standard InChI is InChI=1S/C51H64N8O9/c1-29(52)42(61)53-30(2)31(3)57-49(5,6)47(67)56-40(28-34-22-23-35-16-14-15-19-38(35)26-34)44(63)59-51(9,10)48(68)55-39(43(62)58-50(7,8)46(66)54-32(4)45(64)65)27-33-20-24-37(25-21-33)41(60)36-17-12-11-13-18-36/h11-26,29-30,32,39-40,57H,3,27-28,52H2,1-2,4-10H3,(H,53,61)(H,54,66)(H,55,68)(H,56,67)(H,58,62)(H,59,63)(H,64,65)/t29-,30?,32?,39?,40?/m1/s1. The van der Waals surface area contributed by atoms with Crippen LogP contribution in [0.5, 0.6) is 0 Å². The van der Waals surface area contributed by atoms with Crippen molar-refractivity contribution in [1.29, 1.82) is 0 Å². The van der Waals surface area contributed by atoms with Gasteiger partial charge in [-0.1, -0.05) is 104 Å². The maximum absolute atomic E-state index is 14.4. The van der Waals surface area contributed by atoms with Crippen LogP contribution in [-0.4, -0.2) is 99.1 Å². The molecule has 0 aliphatic heterocycles. The van der Waals surface area contributed by atoms with Gasteiger partial charge in [-0.15, -0.1) is 0 Å². The smallest absolute Gasteiger partial charge is 0.325 e. The Morgan fingerprint density at radius 1 is 0.529 bits per heavy atom. The third kappa shape index (κ3) is 14.5. The Morgan fingerprint density at radius 2 is 0.971 bits per heavy atom. The Labute approximate surface area is 396 Å². The zero-order valence-corrected chi connectivity index (χ0v) is 40.0. The van der Waals surface area contributed by atoms with Gasteiger partial charge in [0.2, 0.25) is 35.4 Å². The van der Waals surface area contributed by atoms with Gasteiger partial charge in [0.25, 0.3) is 0 Å². The fourth-order valence-electron chi connectivity index (χ4n) is 6.82. The van der Waals surface area contributed by atoms with Gasteiger partial charge < -0.3 is 48.1 Å². The van der Waals surface area contributed by atoms with E-state index in [0.717, 1.165) is 10.8 Å². The predicted molar refractivity (Wildman–Crippen MR) is 259 cm³/mol. The van der Waals surface area contributed by atoms with E-state index in [-0.39, 0.29) is 18.6 Å². The van der Waals surface area contributed by atoms with Crippen molar-refractivity contribution < 1.29 is 43.5 Å². The summed E-state index contributed by atoms with van der Waals surface area (Å²) in [4.78, 5) is 107. The Morgan fingerprint density at radius 3 is 1.49 bits per heavy atom. The first-order valence-electron chi connectivity index (χ1n) is 22.2. The molecule has 4 aromatic carbocycles. The van der Waals surface area contributed by atoms with Crippen molar-refractivity contribution in [3.05, 3.63) is 132 Å². The summed E-state index contributed by atoms with van der Waals surface area (Å²) in [7, 11) is 0. The second kappa shape index (κ2) is 22.4. The molecule has 0 aliphatic carbocycles. The molecule has 5 atom stereocenters. The molecular weight excluding hydrogens is 869 g/mol. The minimum absolute atomic E-state index is 0.00340. The summed E-state index contributed by atoms with van der Waals surface area (Å²) in [5, 5.41) is 30.2. The van der Waals surface area contributed by atoms with E-state index in [4.69, 9.17) is 5.73 Å². The molecule has 0 fully saturated rings. The van der Waals surface area contributed by atoms with E-state index < -0.39 is 88.2 Å². The summed E-state index contributed by atoms with van der Waals surface area (Å²) in [6.45, 7) is 17.2. The topological polar surface area (TPSA) is 267 Å². The van der Waals surface area contributed by atoms with Crippen LogP contribution < -0.4 is 43.0 Å². The van der Waals surface area contributed by atoms with Gasteiger partial charge in [-0.3, -0.25) is 38.4 Å². The van der Waals surface area contributed by atoms with Crippen molar-refractivity contribution in [2.45, 2.75) is 122 Å². The highest BCUT2D eigenvalue weighted by molar-refractivity contribution is 6.09. The lowest BCUT2D eigenvalue weighted by molar-refractivity contribution is -0.142. The molecule has 6 amide bonds. The van der Waals surface area contributed by atoms with Gasteiger partial charge in [0, 0.05) is 29.7 Å². The van der Waals surface area contributed by atoms with Crippen LogP contribution in [0.3, 0.4) is 0 Å². The van der Waals surface area contributed by atoms with E-state index in [1.807, 2.05) is 42.5 Å². The Hall–Kier alpha value is -7.40. The molecule has 0 aliphatic rings. The largest absolute Gasteiger partial charge is 0.480 e. The number of ketones is 1. The first-order valence-corrected chi connectivity index (χ1v) is 22.2. The summed E-state index contributed by atoms with van der Waals surface area (Å²) in [5.41, 5.74) is 3.35. The number of hydrogen-bond acceptors (Lipinski definition) is 10. The summed E-state index contributed by atoms with van der Waals surface area (Å²) in [5.74, 6) is -5.68. The van der Waals surface area contributed by atoms with Crippen molar-refractivity contribution in [2.75, 3.05) is 0 Å². The highest BCUT2D eigenvalue weighted by Gasteiger charge is 2.39. The first kappa shape index (κ1) is 53.2. The molecule has 4 aromatic rings. The Kier molecular flexibility index (Phi) is 17.5. The van der Waals surface area contributed by atoms with E-state index in [0.29, 0.717) is 28.0 Å². The Balaban J connectivity index is 1.61. The second-order valence-electron chi connectivity index (χ2n) is 18.6. The van der Waals surface area contributed by atoms with Gasteiger partial charge in [0.05, 0.1) is 12.1 Å². The molecule has 4 rings (SSSR count). The number of hydrogen-bond donors (Lipinski definition) is 9. The number of carbonyl (C=O) groups is 8. The van der Waals surface area contributed by atoms with Gasteiger partial charge in [-0.05, 0) is 84.2 Å². The van der Waals surface area contributed by atoms with E-state index in [9.17, 15) is 43.5 Å². The van der Waals surface area contributed by atoms with Crippen molar-refractivity contribution in [1.82, 2.24) is 37.2 Å². The van der Waals surface area contributed by atoms with Crippen LogP contribution in [0, 0.1) is 0 Å². The van der Waals surface area contributed by atoms with Crippen molar-refractivity contribution in [3.63, 3.8) is 0 Å². The molecule has 4 unspecified atom stereocenters. The molecule has 0 radical (unpaired) electrons. The quantitative estimate of drug-likeness (QED) is 0.0518. The monoisotopic (exact) mass is 932 g/mol. The molecule has 17 nitrogen and oxygen atoms in total. The normalized spacial score (nSPS) is 13.9. The number of fused-ring (bicyclic) bond motifs is 1. The maximum Gasteiger partial charge on any atom is 0.325 e. The minimum atomic E-state index is -1.73. The van der Waals surface area contributed by atoms with Crippen LogP contribution in [0.2, 0.25) is 0 Å². The van der Waals surface area contributed by atoms with Gasteiger partial charge in [-0.25, -0.2) is 0 Å². The van der Waals surface area contributed by atoms with Crippen LogP contribution in [-0.2, 0) is 46.4 Å². The first-order chi connectivity index (χ1) is 31.7. The second-order valence-corrected chi connectivity index (χ2v) is 18.6. The van der Waals surface area contributed by atoms with E-state index >= 15 is 0 Å². The van der Waals surface area contributed by atoms with Crippen LogP contribution >= 0.6 is 0 Å². The van der Waals surface area contributed by atoms with Gasteiger partial charge in [0.15, 0.2) is 5.78 Å². The predicted octanol–water partition coefficient (Wildman–Crippen LogP) is 2.94. The van der Waals surface area contributed by atoms with Crippen molar-refractivity contribution >= 4 is 58.0 Å². The summed E-state index contributed by atoms with van der Waals surface area (Å²) < 4.78 is 0. The molecule has 0 heterocycles. The maximum atomic E-state index is 14.4. The molecule has 10 N–H and O–H groups in total. The number of carboxylic acid groups (broad SMARTS) is 1. The van der Waals surface area contributed by atoms with Crippen LogP contribution in [0.15, 0.2) is 109 Å². The fourth-order valence-corrected chi connectivity index (χ4v) is 6.82. The number of aliphatic carboxylic acids is 1. The number of nitrogens with two attached hydrogens (primary N) is 1. The minimum Gasteiger partial charge on any atom is -0.480 e. The highest BCUT2D eigenvalue weighted by atomic mass is 16.4. The van der Waals surface area contributed by atoms with E-state index in [2.05, 4.69) is 43.8 Å². The summed E-state index contributed by atoms with van der Waals surface area (Å²) >= 11 is 0. The zero-order chi connectivity index (χ0) is 50.7. The van der Waals surface area contributed by atoms with E-state index in [1.54, 1.807) is 75.4 Å². The SMILES string of the molecule is C=C(NC(C)(C)C(=O)NC(Cc1ccc2ccccc2c1)C(=O)NC(C)(C)C(=O)NC(Cc1ccc(C(=O)c2ccccc2)cc1)C(=O)NC(C)(C)C(=O)NC(C)C(=O)O)C(C)NC(=O)[C@@H](C)N. The lowest BCUT2D eigenvalue weighted by Crippen LogP contribution is -2.65. The van der Waals surface area contributed by atoms with Crippen LogP contribution in [0.25, 0.3) is 10.8 Å². The van der Waals surface area contributed by atoms with Crippen LogP contribution in [0.4, 0.5) is 0 Å². The average Bonchev–Trinajstić information content (AvgIpc) is 3.27. The van der Waals surface area contributed by atoms with Gasteiger partial charge >= 0.3 is 5.97 Å². The molecular formula is C51H64N8O9. The van der Waals surface area contributed by atoms with Crippen molar-refractivity contribution in [2.24, 2.45) is 5.73 Å². The average molecular weight is 933 g/mol. The Bertz CT molecular complexity index is 2540.